The lowest BCUT2D eigenvalue weighted by Crippen LogP contribution is -2.18. The second-order valence-electron chi connectivity index (χ2n) is 5.68. The Kier molecular flexibility index (Phi) is 3.53. The SMILES string of the molecule is CN(C)CCn1cc(CNC2CC2)c2cccnc21. The van der Waals surface area contributed by atoms with Gasteiger partial charge in [-0.05, 0) is 44.6 Å². The first-order valence-corrected chi connectivity index (χ1v) is 7.05. The van der Waals surface area contributed by atoms with E-state index in [0.29, 0.717) is 0 Å². The average Bonchev–Trinajstić information content (AvgIpc) is 3.16. The minimum Gasteiger partial charge on any atom is -0.331 e. The fraction of sp³-hybridized carbons (Fsp3) is 0.533. The third-order valence-electron chi connectivity index (χ3n) is 3.66. The molecule has 102 valence electrons. The summed E-state index contributed by atoms with van der Waals surface area (Å²) in [5, 5.41) is 4.88. The molecule has 1 saturated carbocycles. The topological polar surface area (TPSA) is 33.1 Å². The molecule has 0 amide bonds. The largest absolute Gasteiger partial charge is 0.331 e. The maximum Gasteiger partial charge on any atom is 0.140 e. The molecule has 2 aromatic heterocycles. The van der Waals surface area contributed by atoms with Crippen LogP contribution in [0.5, 0.6) is 0 Å². The van der Waals surface area contributed by atoms with Gasteiger partial charge in [0, 0.05) is 43.5 Å². The lowest BCUT2D eigenvalue weighted by atomic mass is 10.2. The first kappa shape index (κ1) is 12.6. The standard InChI is InChI=1S/C15H22N4/c1-18(2)8-9-19-11-12(10-17-13-5-6-13)14-4-3-7-16-15(14)19/h3-4,7,11,13,17H,5-6,8-10H2,1-2H3. The second-order valence-corrected chi connectivity index (χ2v) is 5.68. The molecule has 2 heterocycles. The number of hydrogen-bond donors (Lipinski definition) is 1. The Morgan fingerprint density at radius 1 is 1.42 bits per heavy atom. The molecule has 0 aliphatic heterocycles. The maximum atomic E-state index is 4.54. The van der Waals surface area contributed by atoms with Gasteiger partial charge < -0.3 is 14.8 Å². The lowest BCUT2D eigenvalue weighted by molar-refractivity contribution is 0.386. The van der Waals surface area contributed by atoms with Crippen LogP contribution in [0.3, 0.4) is 0 Å². The molecule has 0 radical (unpaired) electrons. The normalized spacial score (nSPS) is 15.5. The fourth-order valence-corrected chi connectivity index (χ4v) is 2.36. The van der Waals surface area contributed by atoms with Gasteiger partial charge in [0.05, 0.1) is 0 Å². The molecule has 0 spiro atoms. The maximum absolute atomic E-state index is 4.54. The van der Waals surface area contributed by atoms with Crippen molar-refractivity contribution in [3.8, 4) is 0 Å². The number of rotatable bonds is 6. The zero-order valence-electron chi connectivity index (χ0n) is 11.8. The number of pyridine rings is 1. The highest BCUT2D eigenvalue weighted by atomic mass is 15.1. The first-order valence-electron chi connectivity index (χ1n) is 7.05. The van der Waals surface area contributed by atoms with Crippen molar-refractivity contribution in [2.75, 3.05) is 20.6 Å². The van der Waals surface area contributed by atoms with Crippen molar-refractivity contribution in [3.05, 3.63) is 30.1 Å². The van der Waals surface area contributed by atoms with E-state index in [9.17, 15) is 0 Å². The molecule has 19 heavy (non-hydrogen) atoms. The summed E-state index contributed by atoms with van der Waals surface area (Å²) >= 11 is 0. The van der Waals surface area contributed by atoms with Crippen LogP contribution in [-0.2, 0) is 13.1 Å². The molecule has 0 saturated heterocycles. The van der Waals surface area contributed by atoms with Crippen molar-refractivity contribution in [2.24, 2.45) is 0 Å². The highest BCUT2D eigenvalue weighted by Gasteiger charge is 2.20. The van der Waals surface area contributed by atoms with E-state index in [0.717, 1.165) is 31.3 Å². The molecule has 4 nitrogen and oxygen atoms in total. The van der Waals surface area contributed by atoms with Crippen molar-refractivity contribution < 1.29 is 0 Å². The van der Waals surface area contributed by atoms with Gasteiger partial charge in [-0.25, -0.2) is 4.98 Å². The number of likely N-dealkylation sites (N-methyl/N-ethyl adjacent to an activating group) is 1. The summed E-state index contributed by atoms with van der Waals surface area (Å²) in [5.74, 6) is 0. The van der Waals surface area contributed by atoms with Crippen LogP contribution in [0.2, 0.25) is 0 Å². The van der Waals surface area contributed by atoms with Crippen molar-refractivity contribution in [2.45, 2.75) is 32.0 Å². The van der Waals surface area contributed by atoms with Crippen LogP contribution in [0.4, 0.5) is 0 Å². The van der Waals surface area contributed by atoms with E-state index in [1.807, 2.05) is 12.3 Å². The van der Waals surface area contributed by atoms with Crippen LogP contribution >= 0.6 is 0 Å². The van der Waals surface area contributed by atoms with Gasteiger partial charge in [-0.3, -0.25) is 0 Å². The molecule has 3 rings (SSSR count). The minimum atomic E-state index is 0.747. The Morgan fingerprint density at radius 3 is 3.00 bits per heavy atom. The van der Waals surface area contributed by atoms with Crippen molar-refractivity contribution >= 4 is 11.0 Å². The van der Waals surface area contributed by atoms with Gasteiger partial charge >= 0.3 is 0 Å². The molecule has 4 heteroatoms. The van der Waals surface area contributed by atoms with Crippen molar-refractivity contribution in [1.82, 2.24) is 19.8 Å². The molecule has 1 fully saturated rings. The number of fused-ring (bicyclic) bond motifs is 1. The zero-order valence-corrected chi connectivity index (χ0v) is 11.8. The molecule has 2 aromatic rings. The predicted octanol–water partition coefficient (Wildman–Crippen LogP) is 1.85. The summed E-state index contributed by atoms with van der Waals surface area (Å²) in [6.45, 7) is 2.99. The molecule has 1 aliphatic rings. The third kappa shape index (κ3) is 2.96. The molecule has 1 aliphatic carbocycles. The Bertz CT molecular complexity index is 514. The van der Waals surface area contributed by atoms with E-state index >= 15 is 0 Å². The Morgan fingerprint density at radius 2 is 2.26 bits per heavy atom. The van der Waals surface area contributed by atoms with Gasteiger partial charge in [-0.1, -0.05) is 0 Å². The molecule has 1 N–H and O–H groups in total. The molecule has 0 atom stereocenters. The van der Waals surface area contributed by atoms with Crippen LogP contribution in [0.1, 0.15) is 18.4 Å². The quantitative estimate of drug-likeness (QED) is 0.858. The monoisotopic (exact) mass is 258 g/mol. The van der Waals surface area contributed by atoms with E-state index < -0.39 is 0 Å². The van der Waals surface area contributed by atoms with E-state index in [1.54, 1.807) is 0 Å². The van der Waals surface area contributed by atoms with Gasteiger partial charge in [-0.15, -0.1) is 0 Å². The second kappa shape index (κ2) is 5.31. The predicted molar refractivity (Wildman–Crippen MR) is 78.1 cm³/mol. The summed E-state index contributed by atoms with van der Waals surface area (Å²) < 4.78 is 2.28. The summed E-state index contributed by atoms with van der Waals surface area (Å²) in [6, 6.07) is 4.95. The Hall–Kier alpha value is -1.39. The van der Waals surface area contributed by atoms with E-state index in [2.05, 4.69) is 46.1 Å². The number of aromatic nitrogens is 2. The summed E-state index contributed by atoms with van der Waals surface area (Å²) in [5.41, 5.74) is 2.48. The van der Waals surface area contributed by atoms with Gasteiger partial charge in [0.25, 0.3) is 0 Å². The molecule has 0 unspecified atom stereocenters. The average molecular weight is 258 g/mol. The van der Waals surface area contributed by atoms with Crippen LogP contribution in [-0.4, -0.2) is 41.1 Å². The Balaban J connectivity index is 1.83. The highest BCUT2D eigenvalue weighted by molar-refractivity contribution is 5.80. The van der Waals surface area contributed by atoms with Gasteiger partial charge in [0.2, 0.25) is 0 Å². The van der Waals surface area contributed by atoms with Gasteiger partial charge in [-0.2, -0.15) is 0 Å². The zero-order chi connectivity index (χ0) is 13.2. The summed E-state index contributed by atoms with van der Waals surface area (Å²) in [4.78, 5) is 6.74. The van der Waals surface area contributed by atoms with E-state index in [4.69, 9.17) is 0 Å². The fourth-order valence-electron chi connectivity index (χ4n) is 2.36. The number of nitrogens with zero attached hydrogens (tertiary/aromatic N) is 3. The molecule has 0 bridgehead atoms. The smallest absolute Gasteiger partial charge is 0.140 e. The summed E-state index contributed by atoms with van der Waals surface area (Å²) in [6.07, 6.45) is 6.80. The van der Waals surface area contributed by atoms with Crippen molar-refractivity contribution in [1.29, 1.82) is 0 Å². The van der Waals surface area contributed by atoms with Gasteiger partial charge in [0.1, 0.15) is 5.65 Å². The minimum absolute atomic E-state index is 0.747. The van der Waals surface area contributed by atoms with Crippen LogP contribution in [0, 0.1) is 0 Å². The Labute approximate surface area is 114 Å². The molecular weight excluding hydrogens is 236 g/mol. The van der Waals surface area contributed by atoms with Crippen LogP contribution in [0.15, 0.2) is 24.5 Å². The van der Waals surface area contributed by atoms with Crippen molar-refractivity contribution in [3.63, 3.8) is 0 Å². The van der Waals surface area contributed by atoms with Crippen LogP contribution < -0.4 is 5.32 Å². The van der Waals surface area contributed by atoms with E-state index in [-0.39, 0.29) is 0 Å². The first-order chi connectivity index (χ1) is 9.24. The van der Waals surface area contributed by atoms with Gasteiger partial charge in [0.15, 0.2) is 0 Å². The summed E-state index contributed by atoms with van der Waals surface area (Å²) in [7, 11) is 4.21. The van der Waals surface area contributed by atoms with Crippen LogP contribution in [0.25, 0.3) is 11.0 Å². The number of hydrogen-bond acceptors (Lipinski definition) is 3. The molecule has 0 aromatic carbocycles. The highest BCUT2D eigenvalue weighted by Crippen LogP contribution is 2.23. The lowest BCUT2D eigenvalue weighted by Gasteiger charge is -2.10. The van der Waals surface area contributed by atoms with E-state index in [1.165, 1.54) is 23.8 Å². The molecular formula is C15H22N4. The number of nitrogens with one attached hydrogen (secondary N) is 1. The third-order valence-corrected chi connectivity index (χ3v) is 3.66.